The first-order valence-electron chi connectivity index (χ1n) is 4.61. The fourth-order valence-electron chi connectivity index (χ4n) is 1.55. The Bertz CT molecular complexity index is 382. The van der Waals surface area contributed by atoms with E-state index in [1.54, 1.807) is 18.2 Å². The van der Waals surface area contributed by atoms with Gasteiger partial charge in [-0.05, 0) is 12.1 Å². The summed E-state index contributed by atoms with van der Waals surface area (Å²) in [5.74, 6) is -0.219. The molecule has 1 amide bonds. The number of rotatable bonds is 1. The quantitative estimate of drug-likeness (QED) is 0.694. The van der Waals surface area contributed by atoms with Crippen LogP contribution in [0, 0.1) is 0 Å². The number of anilines is 1. The van der Waals surface area contributed by atoms with Crippen LogP contribution in [0.5, 0.6) is 0 Å². The Morgan fingerprint density at radius 1 is 1.53 bits per heavy atom. The summed E-state index contributed by atoms with van der Waals surface area (Å²) in [6.45, 7) is 0.701. The molecule has 5 heteroatoms. The van der Waals surface area contributed by atoms with E-state index in [9.17, 15) is 4.79 Å². The van der Waals surface area contributed by atoms with Gasteiger partial charge in [0.05, 0.1) is 16.7 Å². The van der Waals surface area contributed by atoms with Gasteiger partial charge in [0.2, 0.25) is 0 Å². The number of aliphatic hydroxyl groups excluding tert-OH is 1. The Morgan fingerprint density at radius 3 is 2.73 bits per heavy atom. The number of likely N-dealkylation sites (tertiary alicyclic amines) is 1. The molecular weight excluding hydrogens is 216 g/mol. The molecule has 0 atom stereocenters. The topological polar surface area (TPSA) is 66.6 Å². The van der Waals surface area contributed by atoms with Crippen LogP contribution in [0.2, 0.25) is 5.02 Å². The van der Waals surface area contributed by atoms with E-state index in [2.05, 4.69) is 0 Å². The number of aliphatic hydroxyl groups is 1. The van der Waals surface area contributed by atoms with Gasteiger partial charge in [0.15, 0.2) is 0 Å². The van der Waals surface area contributed by atoms with Crippen molar-refractivity contribution in [1.29, 1.82) is 0 Å². The summed E-state index contributed by atoms with van der Waals surface area (Å²) in [6, 6.07) is 4.95. The van der Waals surface area contributed by atoms with Crippen LogP contribution in [-0.4, -0.2) is 35.1 Å². The van der Waals surface area contributed by atoms with E-state index in [4.69, 9.17) is 22.4 Å². The third kappa shape index (κ3) is 1.78. The zero-order valence-corrected chi connectivity index (χ0v) is 8.74. The first-order chi connectivity index (χ1) is 7.09. The van der Waals surface area contributed by atoms with Crippen molar-refractivity contribution < 1.29 is 9.90 Å². The van der Waals surface area contributed by atoms with Crippen LogP contribution in [0.4, 0.5) is 5.69 Å². The average molecular weight is 227 g/mol. The molecule has 1 aromatic rings. The van der Waals surface area contributed by atoms with Crippen LogP contribution >= 0.6 is 11.6 Å². The Kier molecular flexibility index (Phi) is 2.54. The van der Waals surface area contributed by atoms with Gasteiger partial charge in [0.1, 0.15) is 0 Å². The van der Waals surface area contributed by atoms with Crippen molar-refractivity contribution >= 4 is 23.2 Å². The van der Waals surface area contributed by atoms with Crippen LogP contribution in [-0.2, 0) is 0 Å². The lowest BCUT2D eigenvalue weighted by Crippen LogP contribution is -2.53. The van der Waals surface area contributed by atoms with Crippen molar-refractivity contribution in [2.45, 2.75) is 6.10 Å². The fourth-order valence-corrected chi connectivity index (χ4v) is 1.81. The number of carbonyl (C=O) groups is 1. The lowest BCUT2D eigenvalue weighted by Gasteiger charge is -2.36. The van der Waals surface area contributed by atoms with E-state index < -0.39 is 6.10 Å². The summed E-state index contributed by atoms with van der Waals surface area (Å²) in [5.41, 5.74) is 6.37. The first kappa shape index (κ1) is 10.3. The molecule has 1 fully saturated rings. The maximum atomic E-state index is 11.9. The molecule has 4 nitrogen and oxygen atoms in total. The number of benzene rings is 1. The highest BCUT2D eigenvalue weighted by Crippen LogP contribution is 2.25. The summed E-state index contributed by atoms with van der Waals surface area (Å²) < 4.78 is 0. The molecule has 0 bridgehead atoms. The maximum absolute atomic E-state index is 11.9. The molecule has 1 saturated heterocycles. The van der Waals surface area contributed by atoms with E-state index in [1.165, 1.54) is 4.90 Å². The molecule has 1 aromatic carbocycles. The van der Waals surface area contributed by atoms with E-state index in [0.29, 0.717) is 29.4 Å². The largest absolute Gasteiger partial charge is 0.398 e. The van der Waals surface area contributed by atoms with Gasteiger partial charge < -0.3 is 15.7 Å². The number of amides is 1. The zero-order valence-electron chi connectivity index (χ0n) is 7.98. The molecule has 0 saturated carbocycles. The number of nitrogen functional groups attached to an aromatic ring is 1. The summed E-state index contributed by atoms with van der Waals surface area (Å²) in [6.07, 6.45) is -0.419. The highest BCUT2D eigenvalue weighted by Gasteiger charge is 2.31. The second kappa shape index (κ2) is 3.72. The smallest absolute Gasteiger partial charge is 0.257 e. The number of hydrogen-bond donors (Lipinski definition) is 2. The molecule has 0 radical (unpaired) electrons. The summed E-state index contributed by atoms with van der Waals surface area (Å²) in [7, 11) is 0. The van der Waals surface area contributed by atoms with E-state index in [-0.39, 0.29) is 5.91 Å². The van der Waals surface area contributed by atoms with Crippen molar-refractivity contribution in [3.63, 3.8) is 0 Å². The van der Waals surface area contributed by atoms with Crippen molar-refractivity contribution in [3.05, 3.63) is 28.8 Å². The molecule has 0 aromatic heterocycles. The Labute approximate surface area is 92.2 Å². The second-order valence-corrected chi connectivity index (χ2v) is 3.98. The van der Waals surface area contributed by atoms with Crippen molar-refractivity contribution in [1.82, 2.24) is 4.90 Å². The SMILES string of the molecule is Nc1cccc(Cl)c1C(=O)N1CC(O)C1. The van der Waals surface area contributed by atoms with Crippen molar-refractivity contribution in [2.75, 3.05) is 18.8 Å². The standard InChI is InChI=1S/C10H11ClN2O2/c11-7-2-1-3-8(12)9(7)10(15)13-4-6(14)5-13/h1-3,6,14H,4-5,12H2. The van der Waals surface area contributed by atoms with Gasteiger partial charge in [0, 0.05) is 18.8 Å². The van der Waals surface area contributed by atoms with Gasteiger partial charge in [-0.1, -0.05) is 17.7 Å². The number of β-amino-alcohol motifs (C(OH)–C–C–N with tert-alkyl or cyclic N) is 1. The Hall–Kier alpha value is -1.26. The number of nitrogens with two attached hydrogens (primary N) is 1. The molecular formula is C10H11ClN2O2. The molecule has 1 aliphatic heterocycles. The molecule has 80 valence electrons. The predicted octanol–water partition coefficient (Wildman–Crippen LogP) is 0.739. The lowest BCUT2D eigenvalue weighted by atomic mass is 10.1. The second-order valence-electron chi connectivity index (χ2n) is 3.57. The van der Waals surface area contributed by atoms with Crippen LogP contribution in [0.15, 0.2) is 18.2 Å². The minimum atomic E-state index is -0.419. The molecule has 2 rings (SSSR count). The van der Waals surface area contributed by atoms with Gasteiger partial charge in [-0.2, -0.15) is 0 Å². The summed E-state index contributed by atoms with van der Waals surface area (Å²) in [4.78, 5) is 13.4. The predicted molar refractivity (Wildman–Crippen MR) is 57.8 cm³/mol. The molecule has 0 aliphatic carbocycles. The minimum Gasteiger partial charge on any atom is -0.398 e. The number of halogens is 1. The molecule has 0 spiro atoms. The third-order valence-electron chi connectivity index (χ3n) is 2.41. The summed E-state index contributed by atoms with van der Waals surface area (Å²) in [5, 5.41) is 9.44. The third-order valence-corrected chi connectivity index (χ3v) is 2.72. The maximum Gasteiger partial charge on any atom is 0.257 e. The van der Waals surface area contributed by atoms with E-state index >= 15 is 0 Å². The Morgan fingerprint density at radius 2 is 2.20 bits per heavy atom. The van der Waals surface area contributed by atoms with Crippen molar-refractivity contribution in [3.8, 4) is 0 Å². The highest BCUT2D eigenvalue weighted by atomic mass is 35.5. The van der Waals surface area contributed by atoms with Gasteiger partial charge in [-0.15, -0.1) is 0 Å². The Balaban J connectivity index is 2.26. The monoisotopic (exact) mass is 226 g/mol. The average Bonchev–Trinajstić information content (AvgIpc) is 2.12. The molecule has 1 aliphatic rings. The summed E-state index contributed by atoms with van der Waals surface area (Å²) >= 11 is 5.90. The first-order valence-corrected chi connectivity index (χ1v) is 4.98. The van der Waals surface area contributed by atoms with Gasteiger partial charge in [-0.3, -0.25) is 4.79 Å². The normalized spacial score (nSPS) is 16.3. The number of hydrogen-bond acceptors (Lipinski definition) is 3. The molecule has 15 heavy (non-hydrogen) atoms. The van der Waals surface area contributed by atoms with Crippen molar-refractivity contribution in [2.24, 2.45) is 0 Å². The highest BCUT2D eigenvalue weighted by molar-refractivity contribution is 6.34. The molecule has 1 heterocycles. The van der Waals surface area contributed by atoms with E-state index in [1.807, 2.05) is 0 Å². The van der Waals surface area contributed by atoms with Crippen LogP contribution < -0.4 is 5.73 Å². The van der Waals surface area contributed by atoms with Gasteiger partial charge in [-0.25, -0.2) is 0 Å². The van der Waals surface area contributed by atoms with Crippen LogP contribution in [0.3, 0.4) is 0 Å². The van der Waals surface area contributed by atoms with Gasteiger partial charge in [0.25, 0.3) is 5.91 Å². The number of nitrogens with zero attached hydrogens (tertiary/aromatic N) is 1. The molecule has 3 N–H and O–H groups in total. The van der Waals surface area contributed by atoms with E-state index in [0.717, 1.165) is 0 Å². The lowest BCUT2D eigenvalue weighted by molar-refractivity contribution is 0.00597. The fraction of sp³-hybridized carbons (Fsp3) is 0.300. The zero-order chi connectivity index (χ0) is 11.0. The molecule has 0 unspecified atom stereocenters. The van der Waals surface area contributed by atoms with Crippen LogP contribution in [0.25, 0.3) is 0 Å². The van der Waals surface area contributed by atoms with Gasteiger partial charge >= 0.3 is 0 Å². The minimum absolute atomic E-state index is 0.219. The van der Waals surface area contributed by atoms with Crippen LogP contribution in [0.1, 0.15) is 10.4 Å². The number of carbonyl (C=O) groups excluding carboxylic acids is 1.